The third-order valence-electron chi connectivity index (χ3n) is 2.22. The summed E-state index contributed by atoms with van der Waals surface area (Å²) in [6.07, 6.45) is 0.912. The molecule has 0 aromatic heterocycles. The monoisotopic (exact) mass is 274 g/mol. The van der Waals surface area contributed by atoms with E-state index in [1.54, 1.807) is 12.1 Å². The predicted octanol–water partition coefficient (Wildman–Crippen LogP) is 2.54. The molecule has 1 aromatic carbocycles. The molecule has 17 heavy (non-hydrogen) atoms. The molecule has 0 aliphatic heterocycles. The van der Waals surface area contributed by atoms with Crippen LogP contribution in [0.5, 0.6) is 0 Å². The molecule has 0 radical (unpaired) electrons. The van der Waals surface area contributed by atoms with Gasteiger partial charge in [-0.25, -0.2) is 0 Å². The summed E-state index contributed by atoms with van der Waals surface area (Å²) >= 11 is 5.76. The van der Waals surface area contributed by atoms with Gasteiger partial charge >= 0.3 is 5.97 Å². The van der Waals surface area contributed by atoms with Crippen molar-refractivity contribution in [3.05, 3.63) is 34.9 Å². The van der Waals surface area contributed by atoms with E-state index in [-0.39, 0.29) is 5.97 Å². The highest BCUT2D eigenvalue weighted by atomic mass is 35.5. The van der Waals surface area contributed by atoms with E-state index in [4.69, 9.17) is 11.6 Å². The van der Waals surface area contributed by atoms with Crippen molar-refractivity contribution in [2.75, 3.05) is 12.9 Å². The van der Waals surface area contributed by atoms with E-state index in [9.17, 15) is 9.00 Å². The minimum absolute atomic E-state index is 0.256. The molecule has 1 atom stereocenters. The van der Waals surface area contributed by atoms with E-state index < -0.39 is 10.8 Å². The van der Waals surface area contributed by atoms with Gasteiger partial charge in [-0.05, 0) is 24.1 Å². The Kier molecular flexibility index (Phi) is 6.22. The van der Waals surface area contributed by atoms with Crippen molar-refractivity contribution in [2.45, 2.75) is 18.6 Å². The van der Waals surface area contributed by atoms with Gasteiger partial charge in [-0.15, -0.1) is 0 Å². The molecule has 1 rings (SSSR count). The number of esters is 1. The molecule has 0 bridgehead atoms. The van der Waals surface area contributed by atoms with E-state index in [0.717, 1.165) is 5.56 Å². The van der Waals surface area contributed by atoms with E-state index in [1.807, 2.05) is 12.1 Å². The molecule has 0 amide bonds. The zero-order valence-electron chi connectivity index (χ0n) is 9.65. The fraction of sp³-hybridized carbons (Fsp3) is 0.417. The first-order valence-electron chi connectivity index (χ1n) is 5.28. The van der Waals surface area contributed by atoms with Gasteiger partial charge in [0.05, 0.1) is 7.11 Å². The summed E-state index contributed by atoms with van der Waals surface area (Å²) in [4.78, 5) is 10.9. The van der Waals surface area contributed by atoms with Crippen molar-refractivity contribution in [1.29, 1.82) is 0 Å². The Morgan fingerprint density at radius 2 is 2.00 bits per heavy atom. The van der Waals surface area contributed by atoms with Crippen LogP contribution in [0.2, 0.25) is 5.02 Å². The first-order valence-corrected chi connectivity index (χ1v) is 7.14. The molecule has 0 heterocycles. The molecule has 5 heteroatoms. The molecule has 0 fully saturated rings. The van der Waals surface area contributed by atoms with E-state index in [0.29, 0.717) is 29.4 Å². The number of hydrogen-bond donors (Lipinski definition) is 0. The first-order chi connectivity index (χ1) is 8.11. The third-order valence-corrected chi connectivity index (χ3v) is 3.87. The van der Waals surface area contributed by atoms with Gasteiger partial charge in [0.1, 0.15) is 0 Å². The topological polar surface area (TPSA) is 43.4 Å². The smallest absolute Gasteiger partial charge is 0.305 e. The number of rotatable bonds is 6. The number of hydrogen-bond acceptors (Lipinski definition) is 3. The highest BCUT2D eigenvalue weighted by Gasteiger charge is 2.05. The zero-order valence-corrected chi connectivity index (χ0v) is 11.2. The van der Waals surface area contributed by atoms with Crippen LogP contribution in [0, 0.1) is 0 Å². The fourth-order valence-electron chi connectivity index (χ4n) is 1.32. The van der Waals surface area contributed by atoms with Gasteiger partial charge in [0.15, 0.2) is 0 Å². The lowest BCUT2D eigenvalue weighted by Gasteiger charge is -2.02. The summed E-state index contributed by atoms with van der Waals surface area (Å²) in [5.41, 5.74) is 0.991. The van der Waals surface area contributed by atoms with Crippen molar-refractivity contribution >= 4 is 28.4 Å². The summed E-state index contributed by atoms with van der Waals surface area (Å²) in [6, 6.07) is 7.28. The van der Waals surface area contributed by atoms with E-state index in [2.05, 4.69) is 4.74 Å². The number of carbonyl (C=O) groups excluding carboxylic acids is 1. The minimum atomic E-state index is -0.947. The van der Waals surface area contributed by atoms with Crippen LogP contribution in [0.25, 0.3) is 0 Å². The Balaban J connectivity index is 2.30. The molecular formula is C12H15ClO3S. The Morgan fingerprint density at radius 1 is 1.35 bits per heavy atom. The molecule has 0 saturated heterocycles. The second kappa shape index (κ2) is 7.45. The number of halogens is 1. The predicted molar refractivity (Wildman–Crippen MR) is 69.4 cm³/mol. The van der Waals surface area contributed by atoms with Crippen LogP contribution in [0.1, 0.15) is 18.4 Å². The van der Waals surface area contributed by atoms with Crippen LogP contribution < -0.4 is 0 Å². The maximum absolute atomic E-state index is 11.7. The van der Waals surface area contributed by atoms with Crippen molar-refractivity contribution in [1.82, 2.24) is 0 Å². The summed E-state index contributed by atoms with van der Waals surface area (Å²) in [6.45, 7) is 0. The summed E-state index contributed by atoms with van der Waals surface area (Å²) in [7, 11) is 0.407. The number of carbonyl (C=O) groups is 1. The average Bonchev–Trinajstić information content (AvgIpc) is 2.32. The summed E-state index contributed by atoms with van der Waals surface area (Å²) in [5, 5.41) is 0.672. The highest BCUT2D eigenvalue weighted by molar-refractivity contribution is 7.84. The van der Waals surface area contributed by atoms with Gasteiger partial charge in [-0.2, -0.15) is 0 Å². The second-order valence-corrected chi connectivity index (χ2v) is 5.61. The van der Waals surface area contributed by atoms with Crippen molar-refractivity contribution < 1.29 is 13.7 Å². The van der Waals surface area contributed by atoms with Crippen molar-refractivity contribution in [2.24, 2.45) is 0 Å². The van der Waals surface area contributed by atoms with Crippen LogP contribution in [0.3, 0.4) is 0 Å². The lowest BCUT2D eigenvalue weighted by Crippen LogP contribution is -2.05. The molecule has 3 nitrogen and oxygen atoms in total. The molecule has 0 N–H and O–H groups in total. The standard InChI is InChI=1S/C12H15ClO3S/c1-16-12(14)3-2-8-17(15)9-10-4-6-11(13)7-5-10/h4-7H,2-3,8-9H2,1H3. The molecule has 1 aromatic rings. The Morgan fingerprint density at radius 3 is 2.59 bits per heavy atom. The second-order valence-electron chi connectivity index (χ2n) is 3.59. The van der Waals surface area contributed by atoms with Gasteiger partial charge in [0, 0.05) is 33.7 Å². The van der Waals surface area contributed by atoms with E-state index >= 15 is 0 Å². The molecule has 0 aliphatic carbocycles. The first kappa shape index (κ1) is 14.2. The van der Waals surface area contributed by atoms with Gasteiger partial charge in [0.25, 0.3) is 0 Å². The van der Waals surface area contributed by atoms with Crippen molar-refractivity contribution in [3.8, 4) is 0 Å². The summed E-state index contributed by atoms with van der Waals surface area (Å²) in [5.74, 6) is 0.754. The SMILES string of the molecule is COC(=O)CCCS(=O)Cc1ccc(Cl)cc1. The van der Waals surface area contributed by atoms with E-state index in [1.165, 1.54) is 7.11 Å². The highest BCUT2D eigenvalue weighted by Crippen LogP contribution is 2.11. The fourth-order valence-corrected chi connectivity index (χ4v) is 2.62. The molecule has 94 valence electrons. The Bertz CT molecular complexity index is 389. The molecule has 0 saturated carbocycles. The van der Waals surface area contributed by atoms with Gasteiger partial charge in [0.2, 0.25) is 0 Å². The number of benzene rings is 1. The molecule has 0 spiro atoms. The molecular weight excluding hydrogens is 260 g/mol. The maximum Gasteiger partial charge on any atom is 0.305 e. The van der Waals surface area contributed by atoms with Crippen LogP contribution in [-0.4, -0.2) is 23.0 Å². The van der Waals surface area contributed by atoms with Crippen LogP contribution >= 0.6 is 11.6 Å². The maximum atomic E-state index is 11.7. The van der Waals surface area contributed by atoms with Crippen LogP contribution in [0.15, 0.2) is 24.3 Å². The Hall–Kier alpha value is -0.870. The largest absolute Gasteiger partial charge is 0.469 e. The number of ether oxygens (including phenoxy) is 1. The average molecular weight is 275 g/mol. The zero-order chi connectivity index (χ0) is 12.7. The normalized spacial score (nSPS) is 12.1. The Labute approximate surface area is 109 Å². The van der Waals surface area contributed by atoms with Gasteiger partial charge < -0.3 is 4.74 Å². The molecule has 1 unspecified atom stereocenters. The minimum Gasteiger partial charge on any atom is -0.469 e. The van der Waals surface area contributed by atoms with Crippen LogP contribution in [-0.2, 0) is 26.1 Å². The molecule has 0 aliphatic rings. The number of methoxy groups -OCH3 is 1. The lowest BCUT2D eigenvalue weighted by molar-refractivity contribution is -0.140. The van der Waals surface area contributed by atoms with Gasteiger partial charge in [-0.1, -0.05) is 23.7 Å². The summed E-state index contributed by atoms with van der Waals surface area (Å²) < 4.78 is 16.2. The lowest BCUT2D eigenvalue weighted by atomic mass is 10.2. The van der Waals surface area contributed by atoms with Crippen LogP contribution in [0.4, 0.5) is 0 Å². The third kappa shape index (κ3) is 5.84. The van der Waals surface area contributed by atoms with Gasteiger partial charge in [-0.3, -0.25) is 9.00 Å². The quantitative estimate of drug-likeness (QED) is 0.749. The van der Waals surface area contributed by atoms with Crippen molar-refractivity contribution in [3.63, 3.8) is 0 Å².